The number of piperazine rings is 1. The molecule has 1 aliphatic carbocycles. The van der Waals surface area contributed by atoms with Gasteiger partial charge in [-0.2, -0.15) is 10.2 Å². The predicted octanol–water partition coefficient (Wildman–Crippen LogP) is 6.23. The Morgan fingerprint density at radius 1 is 1.04 bits per heavy atom. The molecule has 5 heterocycles. The van der Waals surface area contributed by atoms with Crippen molar-refractivity contribution in [3.8, 4) is 11.1 Å². The number of hydrogen-bond acceptors (Lipinski definition) is 7. The van der Waals surface area contributed by atoms with E-state index in [0.717, 1.165) is 85.1 Å². The highest BCUT2D eigenvalue weighted by molar-refractivity contribution is 6.45. The summed E-state index contributed by atoms with van der Waals surface area (Å²) in [5, 5.41) is 14.6. The lowest BCUT2D eigenvalue weighted by Crippen LogP contribution is -2.63. The highest BCUT2D eigenvalue weighted by Gasteiger charge is 2.54. The average Bonchev–Trinajstić information content (AvgIpc) is 3.58. The predicted molar refractivity (Wildman–Crippen MR) is 192 cm³/mol. The molecule has 1 aromatic carbocycles. The third kappa shape index (κ3) is 7.12. The largest absolute Gasteiger partial charge is 0.350 e. The Morgan fingerprint density at radius 3 is 2.23 bits per heavy atom. The molecular formula is C35H50Cl2N8O2. The van der Waals surface area contributed by atoms with E-state index in [1.54, 1.807) is 0 Å². The quantitative estimate of drug-likeness (QED) is 0.257. The number of nitrogens with zero attached hydrogens (tertiary/aromatic N) is 7. The minimum absolute atomic E-state index is 0.0143. The Kier molecular flexibility index (Phi) is 10.8. The van der Waals surface area contributed by atoms with Crippen LogP contribution in [0.15, 0.2) is 24.9 Å². The van der Waals surface area contributed by atoms with Gasteiger partial charge in [0.05, 0.1) is 27.8 Å². The van der Waals surface area contributed by atoms with E-state index in [1.165, 1.54) is 45.6 Å². The van der Waals surface area contributed by atoms with Crippen molar-refractivity contribution in [2.75, 3.05) is 64.8 Å². The van der Waals surface area contributed by atoms with Crippen molar-refractivity contribution in [3.05, 3.63) is 40.7 Å². The lowest BCUT2D eigenvalue weighted by Gasteiger charge is -2.58. The molecule has 1 saturated carbocycles. The molecule has 4 fully saturated rings. The van der Waals surface area contributed by atoms with E-state index < -0.39 is 0 Å². The van der Waals surface area contributed by atoms with Gasteiger partial charge in [-0.15, -0.1) is 0 Å². The van der Waals surface area contributed by atoms with Crippen molar-refractivity contribution < 1.29 is 9.59 Å². The summed E-state index contributed by atoms with van der Waals surface area (Å²) in [5.74, 6) is 0.998. The van der Waals surface area contributed by atoms with Gasteiger partial charge in [0, 0.05) is 79.0 Å². The summed E-state index contributed by atoms with van der Waals surface area (Å²) in [6, 6.07) is 2.13. The molecule has 3 saturated heterocycles. The van der Waals surface area contributed by atoms with E-state index in [0.29, 0.717) is 16.1 Å². The van der Waals surface area contributed by atoms with Crippen molar-refractivity contribution in [3.63, 3.8) is 0 Å². The van der Waals surface area contributed by atoms with Crippen LogP contribution in [0.3, 0.4) is 0 Å². The molecule has 256 valence electrons. The van der Waals surface area contributed by atoms with Crippen LogP contribution in [0.5, 0.6) is 0 Å². The van der Waals surface area contributed by atoms with E-state index in [2.05, 4.69) is 71.0 Å². The fraction of sp³-hybridized carbons (Fsp3) is 0.600. The van der Waals surface area contributed by atoms with Crippen LogP contribution in [0.1, 0.15) is 64.6 Å². The Labute approximate surface area is 289 Å². The first kappa shape index (κ1) is 35.4. The van der Waals surface area contributed by atoms with E-state index in [-0.39, 0.29) is 16.9 Å². The molecule has 2 aromatic heterocycles. The number of piperidine rings is 1. The van der Waals surface area contributed by atoms with Gasteiger partial charge < -0.3 is 24.4 Å². The fourth-order valence-corrected chi connectivity index (χ4v) is 8.06. The lowest BCUT2D eigenvalue weighted by atomic mass is 9.60. The Hall–Kier alpha value is -2.92. The zero-order chi connectivity index (χ0) is 34.1. The normalized spacial score (nSPS) is 20.9. The number of rotatable bonds is 4. The summed E-state index contributed by atoms with van der Waals surface area (Å²) in [6.45, 7) is 19.3. The molecule has 1 spiro atoms. The number of carbonyl (C=O) groups excluding carboxylic acids is 2. The van der Waals surface area contributed by atoms with Gasteiger partial charge in [0.15, 0.2) is 5.82 Å². The van der Waals surface area contributed by atoms with E-state index in [9.17, 15) is 4.79 Å². The number of likely N-dealkylation sites (tertiary alicyclic amines) is 1. The van der Waals surface area contributed by atoms with Crippen LogP contribution in [0.2, 0.25) is 10.0 Å². The number of amides is 1. The van der Waals surface area contributed by atoms with Crippen molar-refractivity contribution in [2.45, 2.75) is 71.4 Å². The van der Waals surface area contributed by atoms with Gasteiger partial charge in [0.25, 0.3) is 0 Å². The zero-order valence-electron chi connectivity index (χ0n) is 28.8. The molecule has 0 bridgehead atoms. The maximum atomic E-state index is 12.0. The third-order valence-electron chi connectivity index (χ3n) is 10.4. The Bertz CT molecular complexity index is 1580. The van der Waals surface area contributed by atoms with Crippen LogP contribution in [0, 0.1) is 12.3 Å². The number of fused-ring (bicyclic) bond motifs is 1. The van der Waals surface area contributed by atoms with E-state index in [4.69, 9.17) is 33.1 Å². The molecule has 1 amide bonds. The number of carbonyl (C=O) groups is 2. The number of anilines is 1. The van der Waals surface area contributed by atoms with Crippen LogP contribution in [-0.2, 0) is 9.59 Å². The summed E-state index contributed by atoms with van der Waals surface area (Å²) >= 11 is 13.5. The molecule has 3 aliphatic heterocycles. The van der Waals surface area contributed by atoms with Gasteiger partial charge >= 0.3 is 0 Å². The maximum absolute atomic E-state index is 12.0. The molecule has 10 nitrogen and oxygen atoms in total. The zero-order valence-corrected chi connectivity index (χ0v) is 30.3. The number of likely N-dealkylation sites (N-methyl/N-ethyl adjacent to an activating group) is 2. The number of benzene rings is 1. The number of aldehydes is 1. The lowest BCUT2D eigenvalue weighted by molar-refractivity contribution is -0.149. The minimum Gasteiger partial charge on any atom is -0.350 e. The fourth-order valence-electron chi connectivity index (χ4n) is 7.60. The number of halogens is 2. The minimum atomic E-state index is -0.0143. The average molecular weight is 686 g/mol. The first-order valence-electron chi connectivity index (χ1n) is 16.7. The molecular weight excluding hydrogens is 635 g/mol. The van der Waals surface area contributed by atoms with E-state index in [1.807, 2.05) is 17.2 Å². The molecule has 4 aliphatic rings. The maximum Gasteiger partial charge on any atom is 0.245 e. The van der Waals surface area contributed by atoms with Crippen LogP contribution in [-0.4, -0.2) is 112 Å². The van der Waals surface area contributed by atoms with Crippen molar-refractivity contribution in [2.24, 2.45) is 5.41 Å². The molecule has 12 heteroatoms. The number of H-pyrrole nitrogens is 1. The number of nitrogens with one attached hydrogen (secondary N) is 1. The summed E-state index contributed by atoms with van der Waals surface area (Å²) in [7, 11) is 4.35. The smallest absolute Gasteiger partial charge is 0.245 e. The van der Waals surface area contributed by atoms with Gasteiger partial charge in [-0.25, -0.2) is 0 Å². The monoisotopic (exact) mass is 684 g/mol. The third-order valence-corrected chi connectivity index (χ3v) is 11.2. The highest BCUT2D eigenvalue weighted by Crippen LogP contribution is 2.56. The molecule has 3 aromatic rings. The second-order valence-electron chi connectivity index (χ2n) is 14.3. The second-order valence-corrected chi connectivity index (χ2v) is 15.1. The van der Waals surface area contributed by atoms with Crippen molar-refractivity contribution >= 4 is 52.1 Å². The highest BCUT2D eigenvalue weighted by atomic mass is 35.5. The first-order valence-corrected chi connectivity index (χ1v) is 17.5. The van der Waals surface area contributed by atoms with Crippen LogP contribution >= 0.6 is 23.2 Å². The summed E-state index contributed by atoms with van der Waals surface area (Å²) < 4.78 is 2.21. The SMILES string of the molecule is C=CC(=O)N1CC2(CC(n3nc(N4CCCCC4(C)C)c(-c4c(Cl)c(Cl)cc5[nH]ncc45)c3C)C2)C1.CC=O.CN1CCN(C)CC1. The summed E-state index contributed by atoms with van der Waals surface area (Å²) in [4.78, 5) is 29.8. The molecule has 1 N–H and O–H groups in total. The number of hydrogen-bond donors (Lipinski definition) is 1. The van der Waals surface area contributed by atoms with Gasteiger partial charge in [-0.05, 0) is 86.0 Å². The van der Waals surface area contributed by atoms with Crippen molar-refractivity contribution in [1.82, 2.24) is 34.7 Å². The van der Waals surface area contributed by atoms with Gasteiger partial charge in [0.2, 0.25) is 5.91 Å². The summed E-state index contributed by atoms with van der Waals surface area (Å²) in [5.41, 5.74) is 4.09. The number of aromatic amines is 1. The van der Waals surface area contributed by atoms with Gasteiger partial charge in [-0.3, -0.25) is 14.6 Å². The standard InChI is InChI=1S/C27H32Cl2N6O.C6H14N2.C2H4O/c1-5-21(36)33-14-27(15-33)11-17(12-27)35-16(2)22(25(32-35)34-9-7-6-8-26(34,3)4)23-18-13-30-31-20(18)10-19(28)24(23)29;1-7-3-5-8(2)6-4-7;1-2-3/h5,10,13,17H,1,6-9,11-12,14-15H2,2-4H3,(H,30,31);3-6H2,1-2H3;2H,1H3. The van der Waals surface area contributed by atoms with Crippen LogP contribution in [0.4, 0.5) is 5.82 Å². The number of aromatic nitrogens is 4. The molecule has 7 rings (SSSR count). The molecule has 0 atom stereocenters. The first-order chi connectivity index (χ1) is 22.3. The Balaban J connectivity index is 0.000000338. The van der Waals surface area contributed by atoms with Crippen LogP contribution < -0.4 is 4.90 Å². The van der Waals surface area contributed by atoms with E-state index >= 15 is 0 Å². The molecule has 0 radical (unpaired) electrons. The topological polar surface area (TPSA) is 93.6 Å². The van der Waals surface area contributed by atoms with Crippen molar-refractivity contribution in [1.29, 1.82) is 0 Å². The second kappa shape index (κ2) is 14.3. The Morgan fingerprint density at radius 2 is 1.66 bits per heavy atom. The van der Waals surface area contributed by atoms with Gasteiger partial charge in [0.1, 0.15) is 6.29 Å². The van der Waals surface area contributed by atoms with Crippen LogP contribution in [0.25, 0.3) is 22.0 Å². The molecule has 0 unspecified atom stereocenters. The summed E-state index contributed by atoms with van der Waals surface area (Å²) in [6.07, 6.45) is 9.48. The van der Waals surface area contributed by atoms with Gasteiger partial charge in [-0.1, -0.05) is 29.8 Å². The molecule has 47 heavy (non-hydrogen) atoms.